The number of fused-ring (bicyclic) bond motifs is 3. The number of para-hydroxylation sites is 1. The first-order valence-electron chi connectivity index (χ1n) is 16.8. The molecule has 0 unspecified atom stereocenters. The monoisotopic (exact) mass is 632 g/mol. The van der Waals surface area contributed by atoms with Crippen LogP contribution in [-0.4, -0.2) is 14.1 Å². The lowest BCUT2D eigenvalue weighted by atomic mass is 9.88. The predicted molar refractivity (Wildman–Crippen MR) is 196 cm³/mol. The summed E-state index contributed by atoms with van der Waals surface area (Å²) in [5.41, 5.74) is 7.89. The fourth-order valence-corrected chi connectivity index (χ4v) is 6.34. The first kappa shape index (κ1) is 31.4. The molecule has 0 spiro atoms. The minimum absolute atomic E-state index is 0.0113. The molecule has 7 rings (SSSR count). The second-order valence-electron chi connectivity index (χ2n) is 15.1. The molecule has 0 radical (unpaired) electrons. The van der Waals surface area contributed by atoms with Crippen LogP contribution in [0.15, 0.2) is 116 Å². The predicted octanol–water partition coefficient (Wildman–Crippen LogP) is 10.6. The Morgan fingerprint density at radius 2 is 1.44 bits per heavy atom. The van der Waals surface area contributed by atoms with Crippen molar-refractivity contribution in [1.82, 2.24) is 14.1 Å². The highest BCUT2D eigenvalue weighted by molar-refractivity contribution is 6.09. The third-order valence-corrected chi connectivity index (χ3v) is 9.10. The molecular weight excluding hydrogens is 589 g/mol. The van der Waals surface area contributed by atoms with E-state index in [1.165, 1.54) is 16.5 Å². The van der Waals surface area contributed by atoms with Gasteiger partial charge in [-0.1, -0.05) is 91.8 Å². The van der Waals surface area contributed by atoms with E-state index in [0.717, 1.165) is 50.8 Å². The first-order valence-corrected chi connectivity index (χ1v) is 16.8. The minimum atomic E-state index is -0.104. The van der Waals surface area contributed by atoms with Gasteiger partial charge in [-0.2, -0.15) is 0 Å². The zero-order valence-electron chi connectivity index (χ0n) is 29.2. The van der Waals surface area contributed by atoms with Gasteiger partial charge in [0, 0.05) is 29.2 Å². The van der Waals surface area contributed by atoms with E-state index >= 15 is 0 Å². The quantitative estimate of drug-likeness (QED) is 0.135. The highest BCUT2D eigenvalue weighted by Gasteiger charge is 2.23. The van der Waals surface area contributed by atoms with E-state index in [1.54, 1.807) is 0 Å². The Morgan fingerprint density at radius 1 is 0.708 bits per heavy atom. The molecule has 48 heavy (non-hydrogen) atoms. The van der Waals surface area contributed by atoms with Crippen LogP contribution in [0.25, 0.3) is 39.0 Å². The van der Waals surface area contributed by atoms with Crippen LogP contribution >= 0.6 is 0 Å². The molecule has 0 atom stereocenters. The van der Waals surface area contributed by atoms with Crippen molar-refractivity contribution in [3.8, 4) is 28.7 Å². The van der Waals surface area contributed by atoms with Crippen molar-refractivity contribution >= 4 is 21.8 Å². The van der Waals surface area contributed by atoms with Crippen LogP contribution in [0.1, 0.15) is 78.1 Å². The van der Waals surface area contributed by atoms with Crippen LogP contribution in [0.4, 0.5) is 0 Å². The molecule has 0 fully saturated rings. The molecule has 242 valence electrons. The van der Waals surface area contributed by atoms with Gasteiger partial charge in [0.25, 0.3) is 6.33 Å². The van der Waals surface area contributed by atoms with Crippen LogP contribution in [0, 0.1) is 6.33 Å². The largest absolute Gasteiger partial charge is 0.458 e. The number of rotatable bonds is 6. The molecule has 0 bridgehead atoms. The molecule has 7 aromatic rings. The normalized spacial score (nSPS) is 12.4. The molecule has 3 heterocycles. The van der Waals surface area contributed by atoms with E-state index < -0.39 is 0 Å². The smallest absolute Gasteiger partial charge is 0.269 e. The molecule has 5 heteroatoms. The molecule has 0 N–H and O–H groups in total. The zero-order valence-corrected chi connectivity index (χ0v) is 29.2. The van der Waals surface area contributed by atoms with Gasteiger partial charge in [0.2, 0.25) is 0 Å². The SMILES string of the molecule is CC(C)c1ccc(-[n+]2[c-]n(-c3cccc(Oc4ccc5c6ccccc6n(-c6cc(C(C)(C)C)ccn6)c5c4)c3)c(C(C)(C)C)c2)cc1. The molecule has 0 aliphatic carbocycles. The average molecular weight is 633 g/mol. The maximum Gasteiger partial charge on any atom is 0.269 e. The Kier molecular flexibility index (Phi) is 7.74. The van der Waals surface area contributed by atoms with Gasteiger partial charge in [-0.25, -0.2) is 4.98 Å². The van der Waals surface area contributed by atoms with E-state index in [4.69, 9.17) is 9.72 Å². The Morgan fingerprint density at radius 3 is 2.17 bits per heavy atom. The number of nitrogens with zero attached hydrogens (tertiary/aromatic N) is 4. The van der Waals surface area contributed by atoms with E-state index in [2.05, 4.69) is 173 Å². The molecule has 0 amide bonds. The highest BCUT2D eigenvalue weighted by Crippen LogP contribution is 2.36. The summed E-state index contributed by atoms with van der Waals surface area (Å²) in [6.45, 7) is 17.8. The number of benzene rings is 4. The van der Waals surface area contributed by atoms with Gasteiger partial charge in [-0.15, -0.1) is 0 Å². The van der Waals surface area contributed by atoms with Gasteiger partial charge in [0.05, 0.1) is 28.1 Å². The average Bonchev–Trinajstić information content (AvgIpc) is 3.65. The molecule has 5 nitrogen and oxygen atoms in total. The third kappa shape index (κ3) is 5.90. The Labute approximate surface area is 284 Å². The van der Waals surface area contributed by atoms with Crippen LogP contribution in [-0.2, 0) is 10.8 Å². The van der Waals surface area contributed by atoms with E-state index in [1.807, 2.05) is 18.3 Å². The molecule has 4 aromatic carbocycles. The molecule has 3 aromatic heterocycles. The summed E-state index contributed by atoms with van der Waals surface area (Å²) in [5, 5.41) is 2.35. The summed E-state index contributed by atoms with van der Waals surface area (Å²) in [5.74, 6) is 2.92. The van der Waals surface area contributed by atoms with Crippen LogP contribution in [0.5, 0.6) is 11.5 Å². The lowest BCUT2D eigenvalue weighted by Gasteiger charge is -2.21. The Bertz CT molecular complexity index is 2260. The topological polar surface area (TPSA) is 35.9 Å². The number of hydrogen-bond donors (Lipinski definition) is 0. The van der Waals surface area contributed by atoms with Gasteiger partial charge in [-0.05, 0) is 88.5 Å². The minimum Gasteiger partial charge on any atom is -0.458 e. The van der Waals surface area contributed by atoms with Gasteiger partial charge >= 0.3 is 0 Å². The standard InChI is InChI=1S/C43H44N4O/c1-29(2)30-16-18-32(19-17-30)45-27-40(43(6,7)8)46(28-45)33-12-11-13-34(25-33)48-35-20-21-37-36-14-9-10-15-38(36)47(39(37)26-35)41-24-31(22-23-44-41)42(3,4)5/h9-27,29H,1-8H3. The maximum absolute atomic E-state index is 6.60. The second-order valence-corrected chi connectivity index (χ2v) is 15.1. The van der Waals surface area contributed by atoms with Crippen LogP contribution < -0.4 is 9.30 Å². The van der Waals surface area contributed by atoms with Crippen molar-refractivity contribution in [2.24, 2.45) is 0 Å². The van der Waals surface area contributed by atoms with Crippen LogP contribution in [0.2, 0.25) is 0 Å². The van der Waals surface area contributed by atoms with Crippen molar-refractivity contribution in [2.45, 2.75) is 72.1 Å². The number of ether oxygens (including phenoxy) is 1. The van der Waals surface area contributed by atoms with Crippen molar-refractivity contribution < 1.29 is 9.30 Å². The van der Waals surface area contributed by atoms with E-state index in [9.17, 15) is 0 Å². The van der Waals surface area contributed by atoms with Crippen LogP contribution in [0.3, 0.4) is 0 Å². The summed E-state index contributed by atoms with van der Waals surface area (Å²) in [6, 6.07) is 36.2. The lowest BCUT2D eigenvalue weighted by Crippen LogP contribution is -2.28. The van der Waals surface area contributed by atoms with Gasteiger partial charge in [0.1, 0.15) is 17.3 Å². The van der Waals surface area contributed by atoms with E-state index in [0.29, 0.717) is 5.92 Å². The number of pyridine rings is 1. The van der Waals surface area contributed by atoms with Crippen molar-refractivity contribution in [3.05, 3.63) is 139 Å². The summed E-state index contributed by atoms with van der Waals surface area (Å²) >= 11 is 0. The Balaban J connectivity index is 1.28. The molecular formula is C43H44N4O. The fraction of sp³-hybridized carbons (Fsp3) is 0.256. The molecule has 0 saturated carbocycles. The summed E-state index contributed by atoms with van der Waals surface area (Å²) < 4.78 is 13.1. The van der Waals surface area contributed by atoms with Crippen molar-refractivity contribution in [2.75, 3.05) is 0 Å². The van der Waals surface area contributed by atoms with Crippen molar-refractivity contribution in [1.29, 1.82) is 0 Å². The summed E-state index contributed by atoms with van der Waals surface area (Å²) in [7, 11) is 0. The molecule has 0 aliphatic rings. The summed E-state index contributed by atoms with van der Waals surface area (Å²) in [6.07, 6.45) is 7.71. The Hall–Kier alpha value is -5.16. The van der Waals surface area contributed by atoms with Gasteiger partial charge in [0.15, 0.2) is 0 Å². The van der Waals surface area contributed by atoms with Gasteiger partial charge < -0.3 is 4.74 Å². The van der Waals surface area contributed by atoms with Gasteiger partial charge in [-0.3, -0.25) is 13.7 Å². The van der Waals surface area contributed by atoms with E-state index in [-0.39, 0.29) is 10.8 Å². The molecule has 0 aliphatic heterocycles. The third-order valence-electron chi connectivity index (χ3n) is 9.10. The second kappa shape index (κ2) is 11.8. The maximum atomic E-state index is 6.60. The first-order chi connectivity index (χ1) is 22.9. The zero-order chi connectivity index (χ0) is 33.8. The summed E-state index contributed by atoms with van der Waals surface area (Å²) in [4.78, 5) is 4.83. The highest BCUT2D eigenvalue weighted by atomic mass is 16.5. The fourth-order valence-electron chi connectivity index (χ4n) is 6.34. The number of imidazole rings is 1. The van der Waals surface area contributed by atoms with Crippen molar-refractivity contribution in [3.63, 3.8) is 0 Å². The lowest BCUT2D eigenvalue weighted by molar-refractivity contribution is -0.599. The molecule has 0 saturated heterocycles. The number of hydrogen-bond acceptors (Lipinski definition) is 2. The number of aromatic nitrogens is 4.